The van der Waals surface area contributed by atoms with Crippen molar-refractivity contribution in [3.05, 3.63) is 30.1 Å². The molecule has 0 bridgehead atoms. The molecule has 37 heavy (non-hydrogen) atoms. The zero-order valence-corrected chi connectivity index (χ0v) is 21.7. The summed E-state index contributed by atoms with van der Waals surface area (Å²) >= 11 is 0. The number of rotatable bonds is 17. The Bertz CT molecular complexity index is 973. The minimum atomic E-state index is -1.13. The monoisotopic (exact) mass is 525 g/mol. The molecular formula is C27H41F2N3O5. The number of aromatic nitrogens is 2. The fourth-order valence-corrected chi connectivity index (χ4v) is 4.72. The summed E-state index contributed by atoms with van der Waals surface area (Å²) in [5.41, 5.74) is 0.131. The number of nitrogens with zero attached hydrogens (tertiary/aromatic N) is 2. The lowest BCUT2D eigenvalue weighted by Gasteiger charge is -2.22. The lowest BCUT2D eigenvalue weighted by molar-refractivity contribution is -0.121. The molecule has 1 aromatic heterocycles. The van der Waals surface area contributed by atoms with Crippen molar-refractivity contribution in [3.8, 4) is 0 Å². The number of hydrogen-bond donors (Lipinski definition) is 3. The van der Waals surface area contributed by atoms with Gasteiger partial charge in [-0.25, -0.2) is 13.8 Å². The third kappa shape index (κ3) is 8.17. The van der Waals surface area contributed by atoms with Gasteiger partial charge in [0.25, 0.3) is 0 Å². The number of hydrogen-bond acceptors (Lipinski definition) is 6. The fourth-order valence-electron chi connectivity index (χ4n) is 4.72. The van der Waals surface area contributed by atoms with Crippen LogP contribution in [0.3, 0.4) is 0 Å². The number of imidazole rings is 1. The Hall–Kier alpha value is -2.14. The summed E-state index contributed by atoms with van der Waals surface area (Å²) in [7, 11) is 0. The van der Waals surface area contributed by atoms with E-state index in [9.17, 15) is 23.8 Å². The molecule has 1 aromatic carbocycles. The zero-order valence-electron chi connectivity index (χ0n) is 21.7. The number of carbonyl (C=O) groups excluding carboxylic acids is 1. The van der Waals surface area contributed by atoms with Crippen LogP contribution in [0.2, 0.25) is 0 Å². The first-order valence-corrected chi connectivity index (χ1v) is 13.6. The Morgan fingerprint density at radius 3 is 2.51 bits per heavy atom. The lowest BCUT2D eigenvalue weighted by atomic mass is 10.1. The van der Waals surface area contributed by atoms with Gasteiger partial charge in [-0.05, 0) is 25.0 Å². The second-order valence-electron chi connectivity index (χ2n) is 9.74. The average molecular weight is 526 g/mol. The molecule has 0 saturated carbocycles. The Labute approximate surface area is 217 Å². The summed E-state index contributed by atoms with van der Waals surface area (Å²) in [5, 5.41) is 23.1. The molecule has 10 heteroatoms. The zero-order chi connectivity index (χ0) is 26.6. The van der Waals surface area contributed by atoms with Crippen molar-refractivity contribution >= 4 is 16.9 Å². The maximum atomic E-state index is 14.1. The van der Waals surface area contributed by atoms with Gasteiger partial charge >= 0.3 is 0 Å². The molecule has 0 aliphatic carbocycles. The minimum Gasteiger partial charge on any atom is -0.394 e. The molecule has 1 amide bonds. The topological polar surface area (TPSA) is 106 Å². The van der Waals surface area contributed by atoms with E-state index < -0.39 is 42.8 Å². The number of amides is 1. The second kappa shape index (κ2) is 15.3. The molecule has 1 saturated heterocycles. The largest absolute Gasteiger partial charge is 0.394 e. The van der Waals surface area contributed by atoms with Crippen molar-refractivity contribution in [3.63, 3.8) is 0 Å². The van der Waals surface area contributed by atoms with Crippen LogP contribution in [-0.2, 0) is 14.3 Å². The van der Waals surface area contributed by atoms with E-state index in [1.165, 1.54) is 61.9 Å². The van der Waals surface area contributed by atoms with Gasteiger partial charge in [0, 0.05) is 19.6 Å². The van der Waals surface area contributed by atoms with E-state index in [-0.39, 0.29) is 23.5 Å². The summed E-state index contributed by atoms with van der Waals surface area (Å²) in [6.07, 6.45) is 9.40. The van der Waals surface area contributed by atoms with Gasteiger partial charge in [-0.1, -0.05) is 58.3 Å². The van der Waals surface area contributed by atoms with E-state index >= 15 is 0 Å². The van der Waals surface area contributed by atoms with Gasteiger partial charge in [-0.2, -0.15) is 0 Å². The van der Waals surface area contributed by atoms with Crippen molar-refractivity contribution in [2.45, 2.75) is 102 Å². The number of unbranched alkanes of at least 4 members (excludes halogenated alkanes) is 8. The molecule has 208 valence electrons. The van der Waals surface area contributed by atoms with Gasteiger partial charge < -0.3 is 29.6 Å². The normalized spacial score (nSPS) is 21.6. The molecule has 8 nitrogen and oxygen atoms in total. The maximum Gasteiger partial charge on any atom is 0.219 e. The van der Waals surface area contributed by atoms with Crippen LogP contribution in [0.15, 0.2) is 18.5 Å². The third-order valence-corrected chi connectivity index (χ3v) is 6.87. The highest BCUT2D eigenvalue weighted by Gasteiger charge is 2.45. The van der Waals surface area contributed by atoms with E-state index in [1.54, 1.807) is 0 Å². The molecule has 2 heterocycles. The Morgan fingerprint density at radius 1 is 1.11 bits per heavy atom. The van der Waals surface area contributed by atoms with Gasteiger partial charge in [-0.3, -0.25) is 4.79 Å². The number of carbonyl (C=O) groups is 1. The average Bonchev–Trinajstić information content (AvgIpc) is 3.46. The van der Waals surface area contributed by atoms with Crippen molar-refractivity contribution in [1.82, 2.24) is 14.9 Å². The van der Waals surface area contributed by atoms with Crippen LogP contribution < -0.4 is 5.32 Å². The Balaban J connectivity index is 1.38. The molecule has 1 fully saturated rings. The molecule has 0 spiro atoms. The summed E-state index contributed by atoms with van der Waals surface area (Å²) < 4.78 is 40.8. The van der Waals surface area contributed by atoms with E-state index in [0.717, 1.165) is 18.9 Å². The van der Waals surface area contributed by atoms with Gasteiger partial charge in [-0.15, -0.1) is 0 Å². The quantitative estimate of drug-likeness (QED) is 0.265. The van der Waals surface area contributed by atoms with E-state index in [4.69, 9.17) is 9.47 Å². The SMILES string of the molecule is CCCCCCCCCCCC(=O)NCCCO[C@@H]1[C@H](O)[C@@H](CO)O[C@H]1n1cnc2c(F)c(F)ccc21. The van der Waals surface area contributed by atoms with E-state index in [0.29, 0.717) is 19.4 Å². The van der Waals surface area contributed by atoms with Crippen LogP contribution in [0.5, 0.6) is 0 Å². The van der Waals surface area contributed by atoms with Crippen molar-refractivity contribution in [2.24, 2.45) is 0 Å². The predicted molar refractivity (Wildman–Crippen MR) is 136 cm³/mol. The molecule has 1 aliphatic rings. The van der Waals surface area contributed by atoms with Crippen LogP contribution in [0.25, 0.3) is 11.0 Å². The number of aliphatic hydroxyl groups is 2. The van der Waals surface area contributed by atoms with Crippen molar-refractivity contribution in [1.29, 1.82) is 0 Å². The van der Waals surface area contributed by atoms with Crippen molar-refractivity contribution in [2.75, 3.05) is 19.8 Å². The highest BCUT2D eigenvalue weighted by molar-refractivity contribution is 5.76. The van der Waals surface area contributed by atoms with Gasteiger partial charge in [0.05, 0.1) is 18.5 Å². The van der Waals surface area contributed by atoms with Crippen LogP contribution in [0.1, 0.15) is 83.8 Å². The van der Waals surface area contributed by atoms with E-state index in [1.807, 2.05) is 0 Å². The molecule has 0 radical (unpaired) electrons. The first-order chi connectivity index (χ1) is 18.0. The highest BCUT2D eigenvalue weighted by atomic mass is 19.2. The molecular weight excluding hydrogens is 484 g/mol. The summed E-state index contributed by atoms with van der Waals surface area (Å²) in [4.78, 5) is 16.0. The van der Waals surface area contributed by atoms with Crippen LogP contribution in [0.4, 0.5) is 8.78 Å². The van der Waals surface area contributed by atoms with Gasteiger partial charge in [0.1, 0.15) is 23.8 Å². The Morgan fingerprint density at radius 2 is 1.81 bits per heavy atom. The number of aliphatic hydroxyl groups excluding tert-OH is 2. The molecule has 2 aromatic rings. The standard InChI is InChI=1S/C27H41F2N3O5/c1-2-3-4-5-6-7-8-9-10-12-22(34)30-15-11-16-36-26-25(35)21(17-33)37-27(26)32-18-31-24-20(32)14-13-19(28)23(24)29/h13-14,18,21,25-27,33,35H,2-12,15-17H2,1H3,(H,30,34)/t21-,25-,26-,27-/m1/s1. The molecule has 0 unspecified atom stereocenters. The molecule has 4 atom stereocenters. The molecule has 1 aliphatic heterocycles. The van der Waals surface area contributed by atoms with Crippen LogP contribution >= 0.6 is 0 Å². The van der Waals surface area contributed by atoms with E-state index in [2.05, 4.69) is 17.2 Å². The summed E-state index contributed by atoms with van der Waals surface area (Å²) in [6, 6.07) is 2.38. The van der Waals surface area contributed by atoms with Gasteiger partial charge in [0.15, 0.2) is 17.9 Å². The maximum absolute atomic E-state index is 14.1. The van der Waals surface area contributed by atoms with Crippen molar-refractivity contribution < 1.29 is 33.3 Å². The second-order valence-corrected chi connectivity index (χ2v) is 9.74. The molecule has 3 N–H and O–H groups in total. The number of nitrogens with one attached hydrogen (secondary N) is 1. The number of benzene rings is 1. The first-order valence-electron chi connectivity index (χ1n) is 13.6. The first kappa shape index (κ1) is 29.4. The summed E-state index contributed by atoms with van der Waals surface area (Å²) in [6.45, 7) is 2.46. The fraction of sp³-hybridized carbons (Fsp3) is 0.704. The highest BCUT2D eigenvalue weighted by Crippen LogP contribution is 2.34. The van der Waals surface area contributed by atoms with Gasteiger partial charge in [0.2, 0.25) is 5.91 Å². The van der Waals surface area contributed by atoms with Crippen LogP contribution in [-0.4, -0.2) is 63.7 Å². The summed E-state index contributed by atoms with van der Waals surface area (Å²) in [5.74, 6) is -2.06. The number of ether oxygens (including phenoxy) is 2. The Kier molecular flexibility index (Phi) is 12.2. The predicted octanol–water partition coefficient (Wildman–Crippen LogP) is 4.38. The smallest absolute Gasteiger partial charge is 0.219 e. The number of fused-ring (bicyclic) bond motifs is 1. The third-order valence-electron chi connectivity index (χ3n) is 6.87. The number of halogens is 2. The molecule has 3 rings (SSSR count). The van der Waals surface area contributed by atoms with Crippen LogP contribution in [0, 0.1) is 11.6 Å². The lowest BCUT2D eigenvalue weighted by Crippen LogP contribution is -2.36. The minimum absolute atomic E-state index is 0.0181.